The molecule has 0 aromatic rings. The lowest BCUT2D eigenvalue weighted by Crippen LogP contribution is -2.66. The Bertz CT molecular complexity index is 1130. The molecule has 1 heterocycles. The van der Waals surface area contributed by atoms with Gasteiger partial charge in [-0.15, -0.1) is 0 Å². The first-order valence-corrected chi connectivity index (χ1v) is 17.1. The number of carbonyl (C=O) groups is 2. The van der Waals surface area contributed by atoms with Crippen molar-refractivity contribution in [1.82, 2.24) is 9.80 Å². The van der Waals surface area contributed by atoms with Crippen LogP contribution in [0.3, 0.4) is 0 Å². The Labute approximate surface area is 249 Å². The van der Waals surface area contributed by atoms with Gasteiger partial charge in [-0.3, -0.25) is 9.59 Å². The topological polar surface area (TPSA) is 60.9 Å². The predicted molar refractivity (Wildman–Crippen MR) is 164 cm³/mol. The highest BCUT2D eigenvalue weighted by Crippen LogP contribution is 2.76. The van der Waals surface area contributed by atoms with Gasteiger partial charge < -0.3 is 14.9 Å². The third-order valence-electron chi connectivity index (χ3n) is 15.1. The number of rotatable bonds is 3. The number of piperazine rings is 1. The summed E-state index contributed by atoms with van der Waals surface area (Å²) in [5.74, 6) is 1.71. The fourth-order valence-electron chi connectivity index (χ4n) is 12.4. The molecule has 1 N–H and O–H groups in total. The molecule has 1 unspecified atom stereocenters. The Balaban J connectivity index is 1.37. The minimum atomic E-state index is -0.578. The number of ketones is 1. The molecular weight excluding hydrogens is 508 g/mol. The molecule has 0 spiro atoms. The van der Waals surface area contributed by atoms with Crippen LogP contribution in [0.15, 0.2) is 11.1 Å². The number of fused-ring (bicyclic) bond motifs is 7. The van der Waals surface area contributed by atoms with Crippen LogP contribution in [0.5, 0.6) is 0 Å². The van der Waals surface area contributed by atoms with Gasteiger partial charge in [-0.05, 0) is 117 Å². The Hall–Kier alpha value is -1.20. The first kappa shape index (κ1) is 29.9. The lowest BCUT2D eigenvalue weighted by atomic mass is 9.33. The molecule has 230 valence electrons. The van der Waals surface area contributed by atoms with E-state index in [1.807, 2.05) is 4.90 Å². The standard InChI is InChI=1S/C36H58N2O3/c1-23(2)24-11-16-36(30(40)31(41)38-21-19-37(8)20-22-38)18-17-34(6)25(29(24)36)9-10-27-33(5)14-13-28(39)32(3,4)26(33)12-15-35(27,34)7/h23,25-28,39H,9-22H2,1-8H3/t25-,26+,27-,28+,33+,34-,35-,36?/m1/s1. The molecule has 1 amide bonds. The maximum Gasteiger partial charge on any atom is 0.290 e. The monoisotopic (exact) mass is 566 g/mol. The minimum Gasteiger partial charge on any atom is -0.393 e. The van der Waals surface area contributed by atoms with E-state index >= 15 is 0 Å². The number of aliphatic hydroxyl groups is 1. The number of nitrogens with zero attached hydrogens (tertiary/aromatic N) is 2. The maximum absolute atomic E-state index is 14.5. The Kier molecular flexibility index (Phi) is 7.03. The van der Waals surface area contributed by atoms with E-state index in [9.17, 15) is 14.7 Å². The van der Waals surface area contributed by atoms with Crippen LogP contribution in [-0.2, 0) is 9.59 Å². The third-order valence-corrected chi connectivity index (χ3v) is 15.1. The van der Waals surface area contributed by atoms with Gasteiger partial charge in [0.25, 0.3) is 5.91 Å². The first-order valence-electron chi connectivity index (χ1n) is 17.1. The Morgan fingerprint density at radius 1 is 0.805 bits per heavy atom. The van der Waals surface area contributed by atoms with Crippen LogP contribution < -0.4 is 0 Å². The summed E-state index contributed by atoms with van der Waals surface area (Å²) in [5.41, 5.74) is 2.90. The largest absolute Gasteiger partial charge is 0.393 e. The zero-order valence-corrected chi connectivity index (χ0v) is 27.4. The zero-order chi connectivity index (χ0) is 29.8. The van der Waals surface area contributed by atoms with E-state index < -0.39 is 5.41 Å². The summed E-state index contributed by atoms with van der Waals surface area (Å²) in [7, 11) is 2.10. The van der Waals surface area contributed by atoms with Gasteiger partial charge in [-0.2, -0.15) is 0 Å². The zero-order valence-electron chi connectivity index (χ0n) is 27.4. The number of hydrogen-bond acceptors (Lipinski definition) is 4. The van der Waals surface area contributed by atoms with Crippen molar-refractivity contribution in [2.45, 2.75) is 119 Å². The molecule has 0 aromatic heterocycles. The number of allylic oxidation sites excluding steroid dienone is 2. The molecule has 8 atom stereocenters. The Morgan fingerprint density at radius 3 is 2.15 bits per heavy atom. The van der Waals surface area contributed by atoms with Crippen LogP contribution in [0.1, 0.15) is 113 Å². The minimum absolute atomic E-state index is 0.0391. The van der Waals surface area contributed by atoms with Gasteiger partial charge in [0.1, 0.15) is 0 Å². The number of aliphatic hydroxyl groups excluding tert-OH is 1. The molecule has 6 rings (SSSR count). The van der Waals surface area contributed by atoms with Crippen molar-refractivity contribution in [3.63, 3.8) is 0 Å². The van der Waals surface area contributed by atoms with Crippen LogP contribution in [0.25, 0.3) is 0 Å². The normalized spacial score (nSPS) is 46.0. The lowest BCUT2D eigenvalue weighted by Gasteiger charge is -2.72. The number of hydrogen-bond donors (Lipinski definition) is 1. The van der Waals surface area contributed by atoms with Crippen LogP contribution in [-0.4, -0.2) is 65.9 Å². The predicted octanol–water partition coefficient (Wildman–Crippen LogP) is 6.49. The highest BCUT2D eigenvalue weighted by atomic mass is 16.3. The van der Waals surface area contributed by atoms with Crippen molar-refractivity contribution in [3.05, 3.63) is 11.1 Å². The van der Waals surface area contributed by atoms with Crippen molar-refractivity contribution in [2.75, 3.05) is 33.2 Å². The van der Waals surface area contributed by atoms with Crippen molar-refractivity contribution in [3.8, 4) is 0 Å². The van der Waals surface area contributed by atoms with Gasteiger partial charge >= 0.3 is 0 Å². The van der Waals surface area contributed by atoms with Gasteiger partial charge in [0, 0.05) is 26.2 Å². The van der Waals surface area contributed by atoms with Gasteiger partial charge in [0.15, 0.2) is 0 Å². The van der Waals surface area contributed by atoms with E-state index in [2.05, 4.69) is 60.4 Å². The van der Waals surface area contributed by atoms with Crippen LogP contribution in [0.2, 0.25) is 0 Å². The summed E-state index contributed by atoms with van der Waals surface area (Å²) >= 11 is 0. The molecule has 1 saturated heterocycles. The molecule has 0 bridgehead atoms. The van der Waals surface area contributed by atoms with E-state index in [-0.39, 0.29) is 39.5 Å². The number of amides is 1. The number of likely N-dealkylation sites (N-methyl/N-ethyl adjacent to an activating group) is 1. The summed E-state index contributed by atoms with van der Waals surface area (Å²) in [6.45, 7) is 20.1. The second-order valence-corrected chi connectivity index (χ2v) is 17.1. The van der Waals surface area contributed by atoms with Gasteiger partial charge in [-0.1, -0.05) is 59.6 Å². The molecule has 5 aliphatic carbocycles. The number of Topliss-reactive ketones (excluding diaryl/α,β-unsaturated/α-hetero) is 1. The molecule has 0 radical (unpaired) electrons. The first-order chi connectivity index (χ1) is 19.1. The summed E-state index contributed by atoms with van der Waals surface area (Å²) in [4.78, 5) is 32.4. The molecule has 5 fully saturated rings. The SMILES string of the molecule is CC(C)C1=C2[C@H]3CC[C@@H]4[C@@]5(C)CC[C@H](O)C(C)(C)[C@@H]5CC[C@@]4(C)[C@]3(C)CCC2(C(=O)C(=O)N2CCN(C)CC2)CC1. The number of carbonyl (C=O) groups excluding carboxylic acids is 2. The molecule has 0 aromatic carbocycles. The molecule has 6 aliphatic rings. The van der Waals surface area contributed by atoms with Crippen LogP contribution in [0.4, 0.5) is 0 Å². The average Bonchev–Trinajstić information content (AvgIpc) is 3.32. The third kappa shape index (κ3) is 3.92. The second-order valence-electron chi connectivity index (χ2n) is 17.1. The highest BCUT2D eigenvalue weighted by Gasteiger charge is 2.70. The van der Waals surface area contributed by atoms with E-state index in [4.69, 9.17) is 0 Å². The molecule has 5 heteroatoms. The van der Waals surface area contributed by atoms with Crippen LogP contribution >= 0.6 is 0 Å². The molecular formula is C36H58N2O3. The fraction of sp³-hybridized carbons (Fsp3) is 0.889. The summed E-state index contributed by atoms with van der Waals surface area (Å²) in [6.07, 6.45) is 10.3. The average molecular weight is 567 g/mol. The summed E-state index contributed by atoms with van der Waals surface area (Å²) in [5, 5.41) is 11.0. The second kappa shape index (κ2) is 9.65. The van der Waals surface area contributed by atoms with E-state index in [0.29, 0.717) is 36.8 Å². The van der Waals surface area contributed by atoms with Crippen molar-refractivity contribution in [1.29, 1.82) is 0 Å². The van der Waals surface area contributed by atoms with Crippen molar-refractivity contribution < 1.29 is 14.7 Å². The Morgan fingerprint density at radius 2 is 1.49 bits per heavy atom. The van der Waals surface area contributed by atoms with Gasteiger partial charge in [0.05, 0.1) is 11.5 Å². The fourth-order valence-corrected chi connectivity index (χ4v) is 12.4. The highest BCUT2D eigenvalue weighted by molar-refractivity contribution is 6.39. The van der Waals surface area contributed by atoms with E-state index in [1.54, 1.807) is 0 Å². The van der Waals surface area contributed by atoms with Gasteiger partial charge in [-0.25, -0.2) is 0 Å². The van der Waals surface area contributed by atoms with Crippen molar-refractivity contribution >= 4 is 11.7 Å². The van der Waals surface area contributed by atoms with Crippen LogP contribution in [0, 0.1) is 50.7 Å². The molecule has 4 saturated carbocycles. The van der Waals surface area contributed by atoms with Gasteiger partial charge in [0.2, 0.25) is 5.78 Å². The maximum atomic E-state index is 14.5. The smallest absolute Gasteiger partial charge is 0.290 e. The molecule has 1 aliphatic heterocycles. The molecule has 41 heavy (non-hydrogen) atoms. The summed E-state index contributed by atoms with van der Waals surface area (Å²) < 4.78 is 0. The van der Waals surface area contributed by atoms with E-state index in [1.165, 1.54) is 30.4 Å². The quantitative estimate of drug-likeness (QED) is 0.313. The summed E-state index contributed by atoms with van der Waals surface area (Å²) in [6, 6.07) is 0. The molecule has 5 nitrogen and oxygen atoms in total. The van der Waals surface area contributed by atoms with E-state index in [0.717, 1.165) is 58.0 Å². The lowest BCUT2D eigenvalue weighted by molar-refractivity contribution is -0.228. The van der Waals surface area contributed by atoms with Crippen molar-refractivity contribution in [2.24, 2.45) is 50.7 Å².